The molecule has 690 valence electrons. The van der Waals surface area contributed by atoms with E-state index in [2.05, 4.69) is 530 Å². The molecule has 0 radical (unpaired) electrons. The number of aromatic nitrogens is 8. The molecule has 3 aliphatic carbocycles. The van der Waals surface area contributed by atoms with Crippen molar-refractivity contribution in [2.75, 3.05) is 0 Å². The Balaban J connectivity index is 0.516. The molecule has 147 heavy (non-hydrogen) atoms. The molecule has 0 atom stereocenters. The largest absolute Gasteiger partial charge is 0.309 e. The van der Waals surface area contributed by atoms with Gasteiger partial charge in [0.1, 0.15) is 0 Å². The van der Waals surface area contributed by atoms with E-state index in [4.69, 9.17) is 9.97 Å². The molecule has 0 amide bonds. The van der Waals surface area contributed by atoms with Gasteiger partial charge in [-0.05, 0) is 282 Å². The Hall–Kier alpha value is -18.5. The van der Waals surface area contributed by atoms with Crippen LogP contribution in [0.5, 0.6) is 0 Å². The van der Waals surface area contributed by atoms with Crippen LogP contribution in [0.3, 0.4) is 0 Å². The Morgan fingerprint density at radius 3 is 0.748 bits per heavy atom. The van der Waals surface area contributed by atoms with Crippen LogP contribution in [0.4, 0.5) is 0 Å². The van der Waals surface area contributed by atoms with Gasteiger partial charge in [0, 0.05) is 132 Å². The lowest BCUT2D eigenvalue weighted by Gasteiger charge is -2.22. The van der Waals surface area contributed by atoms with Gasteiger partial charge in [-0.2, -0.15) is 0 Å². The monoisotopic (exact) mass is 1870 g/mol. The van der Waals surface area contributed by atoms with Crippen molar-refractivity contribution in [3.63, 3.8) is 0 Å². The smallest absolute Gasteiger partial charge is 0.160 e. The topological polar surface area (TPSA) is 55.4 Å². The average molecular weight is 1880 g/mol. The Kier molecular flexibility index (Phi) is 17.4. The van der Waals surface area contributed by atoms with Gasteiger partial charge in [-0.3, -0.25) is 0 Å². The summed E-state index contributed by atoms with van der Waals surface area (Å²) in [6, 6.07) is 173. The predicted octanol–water partition coefficient (Wildman–Crippen LogP) is 36.0. The Bertz CT molecular complexity index is 10600. The molecular weight excluding hydrogens is 1780 g/mol. The zero-order valence-electron chi connectivity index (χ0n) is 82.0. The first-order chi connectivity index (χ1) is 72.1. The van der Waals surface area contributed by atoms with E-state index in [0.717, 1.165) is 117 Å². The standard InChI is InChI=1S/C139H94N8/c1-137(2)116-37-16-7-28-98(116)101-66-60-95(79-119(101)137)145-129-45-24-15-36-109(129)115-75-86(55-71-132(115)145)88-50-63-110-104-31-10-19-40-124(104)143(133(110)76-88)93-56-46-83(47-57-93)122-82-123(91-26-25-27-94(72-91)144-128-44-23-14-35-108(128)114-74-87(54-70-131(114)144)90-52-65-112-106-33-12-21-42-126(106)147(135(112)78-90)97-62-68-103-100-30-9-18-39-118(100)139(5,6)121(103)81-97)141-136(140-122)84-48-58-92(59-49-84)142-127-43-22-13-34-107(127)113-73-85(53-69-130(113)142)89-51-64-111-105-32-11-20-41-125(105)146(134(111)77-89)96-61-67-102-99-29-8-17-38-117(99)138(3,4)120(102)80-96/h7-82H,1-6H3. The zero-order chi connectivity index (χ0) is 97.3. The summed E-state index contributed by atoms with van der Waals surface area (Å²) in [7, 11) is 0. The number of hydrogen-bond acceptors (Lipinski definition) is 2. The molecule has 0 N–H and O–H groups in total. The first kappa shape index (κ1) is 83.2. The van der Waals surface area contributed by atoms with Crippen LogP contribution in [0.15, 0.2) is 461 Å². The second-order valence-electron chi connectivity index (χ2n) is 42.3. The molecule has 28 aromatic rings. The maximum atomic E-state index is 5.69. The van der Waals surface area contributed by atoms with E-state index < -0.39 is 0 Å². The first-order valence-corrected chi connectivity index (χ1v) is 51.3. The predicted molar refractivity (Wildman–Crippen MR) is 613 cm³/mol. The van der Waals surface area contributed by atoms with Crippen molar-refractivity contribution in [1.29, 1.82) is 0 Å². The van der Waals surface area contributed by atoms with Gasteiger partial charge in [-0.1, -0.05) is 321 Å². The SMILES string of the molecule is CC1(C)c2ccccc2-c2ccc(-n3c4ccccc4c4cc(-c5ccc6c7ccccc7n(-c7ccc(-c8cc(-c9cccc(-n%10c%11ccccc%11c%11cc(-c%12ccc%13c%14ccccc%14n(-c%14ccc%15c(c%14)C(C)(C)c%14ccccc%14-%15)c%13c%12)ccc%11%10)c9)nc(-c9ccc(-n%10c%11ccccc%11c%11cc(-c%12ccc%13c%14ccccc%14n(-c%14ccc%15c(c%14)C(C)(C)c%14ccccc%14-%15)c%13c%12)ccc%11%10)cc9)n8)cc7)c6c5)ccc43)cc21. The second kappa shape index (κ2) is 30.8. The number of fused-ring (bicyclic) bond motifs is 27. The summed E-state index contributed by atoms with van der Waals surface area (Å²) < 4.78 is 14.7. The fourth-order valence-corrected chi connectivity index (χ4v) is 26.3. The molecular formula is C139H94N8. The van der Waals surface area contributed by atoms with Gasteiger partial charge in [0.15, 0.2) is 5.82 Å². The van der Waals surface area contributed by atoms with Crippen LogP contribution in [0.1, 0.15) is 74.9 Å². The Labute approximate surface area is 849 Å². The molecule has 21 aromatic carbocycles. The summed E-state index contributed by atoms with van der Waals surface area (Å²) >= 11 is 0. The minimum atomic E-state index is -0.139. The van der Waals surface area contributed by atoms with Crippen LogP contribution < -0.4 is 0 Å². The average Bonchev–Trinajstić information content (AvgIpc) is 1.53. The van der Waals surface area contributed by atoms with Crippen molar-refractivity contribution < 1.29 is 0 Å². The van der Waals surface area contributed by atoms with Gasteiger partial charge >= 0.3 is 0 Å². The fourth-order valence-electron chi connectivity index (χ4n) is 26.3. The maximum absolute atomic E-state index is 5.69. The van der Waals surface area contributed by atoms with Gasteiger partial charge in [0.05, 0.1) is 77.6 Å². The van der Waals surface area contributed by atoms with Crippen LogP contribution in [0.25, 0.3) is 266 Å². The summed E-state index contributed by atoms with van der Waals surface area (Å²) in [5.41, 5.74) is 47.6. The van der Waals surface area contributed by atoms with Crippen LogP contribution in [-0.2, 0) is 16.2 Å². The van der Waals surface area contributed by atoms with Crippen molar-refractivity contribution in [2.45, 2.75) is 57.8 Å². The Morgan fingerprint density at radius 1 is 0.143 bits per heavy atom. The molecule has 0 saturated heterocycles. The molecule has 0 spiro atoms. The number of hydrogen-bond donors (Lipinski definition) is 0. The molecule has 0 fully saturated rings. The van der Waals surface area contributed by atoms with Crippen molar-refractivity contribution in [3.05, 3.63) is 494 Å². The molecule has 0 bridgehead atoms. The molecule has 0 aliphatic heterocycles. The quantitative estimate of drug-likeness (QED) is 0.122. The third-order valence-electron chi connectivity index (χ3n) is 33.4. The van der Waals surface area contributed by atoms with Gasteiger partial charge in [-0.15, -0.1) is 0 Å². The number of nitrogens with zero attached hydrogens (tertiary/aromatic N) is 8. The molecule has 0 unspecified atom stereocenters. The fraction of sp³-hybridized carbons (Fsp3) is 0.0647. The summed E-state index contributed by atoms with van der Waals surface area (Å²) in [5, 5.41) is 14.5. The zero-order valence-corrected chi connectivity index (χ0v) is 82.0. The first-order valence-electron chi connectivity index (χ1n) is 51.3. The van der Waals surface area contributed by atoms with Crippen LogP contribution in [0.2, 0.25) is 0 Å². The van der Waals surface area contributed by atoms with E-state index in [1.807, 2.05) is 0 Å². The molecule has 8 heteroatoms. The molecule has 7 aromatic heterocycles. The van der Waals surface area contributed by atoms with E-state index in [9.17, 15) is 0 Å². The molecule has 7 heterocycles. The van der Waals surface area contributed by atoms with E-state index in [-0.39, 0.29) is 16.2 Å². The summed E-state index contributed by atoms with van der Waals surface area (Å²) in [6.45, 7) is 14.2. The third kappa shape index (κ3) is 12.1. The lowest BCUT2D eigenvalue weighted by atomic mass is 9.82. The van der Waals surface area contributed by atoms with E-state index in [0.29, 0.717) is 5.82 Å². The van der Waals surface area contributed by atoms with Crippen LogP contribution >= 0.6 is 0 Å². The maximum Gasteiger partial charge on any atom is 0.160 e. The van der Waals surface area contributed by atoms with Crippen molar-refractivity contribution in [3.8, 4) is 135 Å². The van der Waals surface area contributed by atoms with Gasteiger partial charge in [0.25, 0.3) is 0 Å². The molecule has 0 saturated carbocycles. The molecule has 8 nitrogen and oxygen atoms in total. The highest BCUT2D eigenvalue weighted by Gasteiger charge is 2.40. The third-order valence-corrected chi connectivity index (χ3v) is 33.4. The van der Waals surface area contributed by atoms with Crippen molar-refractivity contribution in [2.24, 2.45) is 0 Å². The summed E-state index contributed by atoms with van der Waals surface area (Å²) in [6.07, 6.45) is 0. The van der Waals surface area contributed by atoms with Gasteiger partial charge in [0.2, 0.25) is 0 Å². The normalized spacial score (nSPS) is 13.7. The van der Waals surface area contributed by atoms with Crippen LogP contribution in [-0.4, -0.2) is 37.4 Å². The number of rotatable bonds is 12. The minimum absolute atomic E-state index is 0.126. The van der Waals surface area contributed by atoms with Crippen LogP contribution in [0, 0.1) is 0 Å². The van der Waals surface area contributed by atoms with Crippen molar-refractivity contribution in [1.82, 2.24) is 37.4 Å². The lowest BCUT2D eigenvalue weighted by Crippen LogP contribution is -2.15. The number of para-hydroxylation sites is 6. The molecule has 3 aliphatic rings. The van der Waals surface area contributed by atoms with E-state index >= 15 is 0 Å². The van der Waals surface area contributed by atoms with E-state index in [1.54, 1.807) is 0 Å². The highest BCUT2D eigenvalue weighted by Crippen LogP contribution is 2.55. The lowest BCUT2D eigenvalue weighted by molar-refractivity contribution is 0.660. The Morgan fingerprint density at radius 2 is 0.388 bits per heavy atom. The van der Waals surface area contributed by atoms with Gasteiger partial charge in [-0.25, -0.2) is 9.97 Å². The summed E-state index contributed by atoms with van der Waals surface area (Å²) in [5.74, 6) is 0.624. The second-order valence-corrected chi connectivity index (χ2v) is 42.3. The van der Waals surface area contributed by atoms with E-state index in [1.165, 1.54) is 176 Å². The van der Waals surface area contributed by atoms with Crippen molar-refractivity contribution >= 4 is 131 Å². The minimum Gasteiger partial charge on any atom is -0.309 e. The molecule has 31 rings (SSSR count). The number of benzene rings is 21. The highest BCUT2D eigenvalue weighted by molar-refractivity contribution is 6.18. The summed E-state index contributed by atoms with van der Waals surface area (Å²) in [4.78, 5) is 11.3. The highest BCUT2D eigenvalue weighted by atomic mass is 15.0. The van der Waals surface area contributed by atoms with Gasteiger partial charge < -0.3 is 27.4 Å².